The number of amides is 1. The van der Waals surface area contributed by atoms with Gasteiger partial charge in [0.2, 0.25) is 0 Å². The molecule has 0 saturated heterocycles. The minimum absolute atomic E-state index is 0.207. The quantitative estimate of drug-likeness (QED) is 0.823. The summed E-state index contributed by atoms with van der Waals surface area (Å²) in [5.74, 6) is 4.53. The third kappa shape index (κ3) is 3.67. The number of hydrogen-bond donors (Lipinski definition) is 2. The fourth-order valence-corrected chi connectivity index (χ4v) is 1.62. The van der Waals surface area contributed by atoms with Gasteiger partial charge >= 0.3 is 0 Å². The number of carbonyl (C=O) groups excluding carboxylic acids is 1. The Kier molecular flexibility index (Phi) is 4.48. The number of carbonyl (C=O) groups is 1. The first-order valence-electron chi connectivity index (χ1n) is 5.96. The Bertz CT molecular complexity index is 669. The number of halogens is 1. The molecule has 2 aromatic carbocycles. The van der Waals surface area contributed by atoms with Crippen molar-refractivity contribution in [1.82, 2.24) is 0 Å². The van der Waals surface area contributed by atoms with Crippen molar-refractivity contribution in [3.8, 4) is 11.8 Å². The number of hydrogen-bond acceptors (Lipinski definition) is 2. The fraction of sp³-hybridized carbons (Fsp3) is 0.0625. The molecule has 2 aromatic rings. The molecule has 0 saturated carbocycles. The topological polar surface area (TPSA) is 49.3 Å². The van der Waals surface area contributed by atoms with Gasteiger partial charge in [-0.15, -0.1) is 0 Å². The molecule has 0 unspecified atom stereocenters. The number of rotatable bonds is 2. The molecule has 0 bridgehead atoms. The van der Waals surface area contributed by atoms with Gasteiger partial charge in [0, 0.05) is 16.8 Å². The van der Waals surface area contributed by atoms with E-state index in [4.69, 9.17) is 5.11 Å². The number of benzene rings is 2. The number of aliphatic hydroxyl groups is 1. The van der Waals surface area contributed by atoms with Gasteiger partial charge in [0.05, 0.1) is 0 Å². The van der Waals surface area contributed by atoms with E-state index >= 15 is 0 Å². The highest BCUT2D eigenvalue weighted by Gasteiger charge is 2.06. The molecule has 0 aromatic heterocycles. The second-order valence-electron chi connectivity index (χ2n) is 4.00. The summed E-state index contributed by atoms with van der Waals surface area (Å²) in [6.45, 7) is -0.207. The summed E-state index contributed by atoms with van der Waals surface area (Å²) in [5, 5.41) is 11.2. The van der Waals surface area contributed by atoms with Crippen molar-refractivity contribution in [3.05, 3.63) is 65.5 Å². The van der Waals surface area contributed by atoms with Crippen LogP contribution in [0.3, 0.4) is 0 Å². The Hall–Kier alpha value is -2.64. The van der Waals surface area contributed by atoms with E-state index in [1.807, 2.05) is 0 Å². The maximum absolute atomic E-state index is 13.0. The molecule has 2 rings (SSSR count). The van der Waals surface area contributed by atoms with Crippen molar-refractivity contribution >= 4 is 11.6 Å². The molecule has 0 fully saturated rings. The van der Waals surface area contributed by atoms with Crippen LogP contribution in [0, 0.1) is 17.7 Å². The van der Waals surface area contributed by atoms with E-state index in [9.17, 15) is 9.18 Å². The maximum atomic E-state index is 13.0. The molecule has 0 heterocycles. The van der Waals surface area contributed by atoms with Crippen molar-refractivity contribution < 1.29 is 14.3 Å². The van der Waals surface area contributed by atoms with E-state index in [1.165, 1.54) is 18.2 Å². The van der Waals surface area contributed by atoms with Crippen LogP contribution in [-0.2, 0) is 0 Å². The first-order chi connectivity index (χ1) is 9.69. The molecule has 0 radical (unpaired) electrons. The molecule has 2 N–H and O–H groups in total. The summed E-state index contributed by atoms with van der Waals surface area (Å²) in [6.07, 6.45) is 0. The van der Waals surface area contributed by atoms with E-state index in [0.717, 1.165) is 0 Å². The third-order valence-electron chi connectivity index (χ3n) is 2.54. The summed E-state index contributed by atoms with van der Waals surface area (Å²) in [4.78, 5) is 11.9. The first-order valence-corrected chi connectivity index (χ1v) is 5.96. The normalized spacial score (nSPS) is 9.50. The number of anilines is 1. The molecule has 100 valence electrons. The molecule has 3 nitrogen and oxygen atoms in total. The Balaban J connectivity index is 2.09. The number of nitrogens with one attached hydrogen (secondary N) is 1. The zero-order valence-corrected chi connectivity index (χ0v) is 10.6. The first kappa shape index (κ1) is 13.8. The van der Waals surface area contributed by atoms with Crippen LogP contribution in [0.2, 0.25) is 0 Å². The molecular formula is C16H12FNO2. The summed E-state index contributed by atoms with van der Waals surface area (Å²) in [6, 6.07) is 12.3. The van der Waals surface area contributed by atoms with E-state index < -0.39 is 5.82 Å². The van der Waals surface area contributed by atoms with E-state index in [2.05, 4.69) is 17.2 Å². The van der Waals surface area contributed by atoms with Gasteiger partial charge in [0.15, 0.2) is 0 Å². The number of aliphatic hydroxyl groups excluding tert-OH is 1. The SMILES string of the molecule is O=C(Nc1cccc(F)c1)c1ccc(C#CCO)cc1. The lowest BCUT2D eigenvalue weighted by molar-refractivity contribution is 0.102. The molecule has 1 amide bonds. The predicted molar refractivity (Wildman–Crippen MR) is 74.8 cm³/mol. The molecule has 0 aliphatic rings. The Morgan fingerprint density at radius 1 is 1.20 bits per heavy atom. The van der Waals surface area contributed by atoms with Gasteiger partial charge in [-0.25, -0.2) is 4.39 Å². The summed E-state index contributed by atoms with van der Waals surface area (Å²) >= 11 is 0. The average Bonchev–Trinajstić information content (AvgIpc) is 2.45. The van der Waals surface area contributed by atoms with E-state index in [1.54, 1.807) is 30.3 Å². The van der Waals surface area contributed by atoms with E-state index in [-0.39, 0.29) is 12.5 Å². The van der Waals surface area contributed by atoms with Gasteiger partial charge in [0.1, 0.15) is 12.4 Å². The second-order valence-corrected chi connectivity index (χ2v) is 4.00. The van der Waals surface area contributed by atoms with Crippen LogP contribution < -0.4 is 5.32 Å². The smallest absolute Gasteiger partial charge is 0.255 e. The van der Waals surface area contributed by atoms with Crippen LogP contribution in [0.4, 0.5) is 10.1 Å². The minimum atomic E-state index is -0.405. The average molecular weight is 269 g/mol. The summed E-state index contributed by atoms with van der Waals surface area (Å²) in [7, 11) is 0. The highest BCUT2D eigenvalue weighted by atomic mass is 19.1. The van der Waals surface area contributed by atoms with Crippen molar-refractivity contribution in [2.45, 2.75) is 0 Å². The zero-order chi connectivity index (χ0) is 14.4. The Labute approximate surface area is 116 Å². The van der Waals surface area contributed by atoms with Crippen molar-refractivity contribution in [2.24, 2.45) is 0 Å². The maximum Gasteiger partial charge on any atom is 0.255 e. The van der Waals surface area contributed by atoms with Gasteiger partial charge in [0.25, 0.3) is 5.91 Å². The summed E-state index contributed by atoms with van der Waals surface area (Å²) in [5.41, 5.74) is 1.56. The van der Waals surface area contributed by atoms with Crippen LogP contribution in [0.15, 0.2) is 48.5 Å². The molecule has 20 heavy (non-hydrogen) atoms. The lowest BCUT2D eigenvalue weighted by Crippen LogP contribution is -2.11. The predicted octanol–water partition coefficient (Wildman–Crippen LogP) is 2.42. The highest BCUT2D eigenvalue weighted by Crippen LogP contribution is 2.11. The van der Waals surface area contributed by atoms with Crippen LogP contribution in [0.1, 0.15) is 15.9 Å². The Morgan fingerprint density at radius 2 is 1.95 bits per heavy atom. The Morgan fingerprint density at radius 3 is 2.60 bits per heavy atom. The minimum Gasteiger partial charge on any atom is -0.384 e. The van der Waals surface area contributed by atoms with Crippen LogP contribution in [0.25, 0.3) is 0 Å². The standard InChI is InChI=1S/C16H12FNO2/c17-14-4-1-5-15(11-14)18-16(20)13-8-6-12(7-9-13)3-2-10-19/h1,4-9,11,19H,10H2,(H,18,20). The third-order valence-corrected chi connectivity index (χ3v) is 2.54. The highest BCUT2D eigenvalue weighted by molar-refractivity contribution is 6.04. The zero-order valence-electron chi connectivity index (χ0n) is 10.6. The van der Waals surface area contributed by atoms with Gasteiger partial charge in [-0.3, -0.25) is 4.79 Å². The van der Waals surface area contributed by atoms with Crippen molar-refractivity contribution in [3.63, 3.8) is 0 Å². The molecule has 4 heteroatoms. The van der Waals surface area contributed by atoms with Crippen molar-refractivity contribution in [1.29, 1.82) is 0 Å². The van der Waals surface area contributed by atoms with Crippen molar-refractivity contribution in [2.75, 3.05) is 11.9 Å². The molecule has 0 spiro atoms. The largest absolute Gasteiger partial charge is 0.384 e. The van der Waals surface area contributed by atoms with E-state index in [0.29, 0.717) is 16.8 Å². The molecule has 0 atom stereocenters. The second kappa shape index (κ2) is 6.50. The fourth-order valence-electron chi connectivity index (χ4n) is 1.62. The van der Waals surface area contributed by atoms with Crippen LogP contribution >= 0.6 is 0 Å². The van der Waals surface area contributed by atoms with Gasteiger partial charge in [-0.2, -0.15) is 0 Å². The lowest BCUT2D eigenvalue weighted by Gasteiger charge is -2.05. The lowest BCUT2D eigenvalue weighted by atomic mass is 10.1. The van der Waals surface area contributed by atoms with Crippen LogP contribution in [0.5, 0.6) is 0 Å². The summed E-state index contributed by atoms with van der Waals surface area (Å²) < 4.78 is 13.0. The van der Waals surface area contributed by atoms with Gasteiger partial charge in [-0.05, 0) is 42.5 Å². The van der Waals surface area contributed by atoms with Gasteiger partial charge in [-0.1, -0.05) is 17.9 Å². The molecule has 0 aliphatic carbocycles. The molecular weight excluding hydrogens is 257 g/mol. The molecule has 0 aliphatic heterocycles. The monoisotopic (exact) mass is 269 g/mol. The van der Waals surface area contributed by atoms with Gasteiger partial charge < -0.3 is 10.4 Å². The van der Waals surface area contributed by atoms with Crippen LogP contribution in [-0.4, -0.2) is 17.6 Å².